The highest BCUT2D eigenvalue weighted by Gasteiger charge is 2.35. The van der Waals surface area contributed by atoms with Crippen LogP contribution in [0.1, 0.15) is 46.3 Å². The Hall–Kier alpha value is -3.75. The maximum atomic E-state index is 14.9. The van der Waals surface area contributed by atoms with Gasteiger partial charge in [-0.2, -0.15) is 0 Å². The molecular weight excluding hydrogens is 416 g/mol. The highest BCUT2D eigenvalue weighted by Crippen LogP contribution is 2.46. The summed E-state index contributed by atoms with van der Waals surface area (Å²) in [5.41, 5.74) is 8.44. The van der Waals surface area contributed by atoms with Gasteiger partial charge in [0.15, 0.2) is 0 Å². The molecule has 1 amide bonds. The largest absolute Gasteiger partial charge is 0.491 e. The Morgan fingerprint density at radius 3 is 2.75 bits per heavy atom. The zero-order valence-corrected chi connectivity index (χ0v) is 17.2. The third kappa shape index (κ3) is 2.73. The van der Waals surface area contributed by atoms with Crippen LogP contribution in [0.3, 0.4) is 0 Å². The minimum Gasteiger partial charge on any atom is -0.491 e. The first-order valence-electron chi connectivity index (χ1n) is 10.4. The van der Waals surface area contributed by atoms with E-state index >= 15 is 0 Å². The molecule has 0 spiro atoms. The van der Waals surface area contributed by atoms with Crippen molar-refractivity contribution in [2.45, 2.75) is 24.8 Å². The van der Waals surface area contributed by atoms with Gasteiger partial charge in [0.2, 0.25) is 0 Å². The number of hydrogen-bond donors (Lipinski definition) is 1. The van der Waals surface area contributed by atoms with Crippen LogP contribution in [0.15, 0.2) is 36.8 Å². The summed E-state index contributed by atoms with van der Waals surface area (Å²) < 4.78 is 37.0. The minimum atomic E-state index is -0.713. The number of rotatable bonds is 3. The molecule has 162 valence electrons. The molecule has 1 unspecified atom stereocenters. The molecule has 1 atom stereocenters. The molecule has 2 aromatic heterocycles. The van der Waals surface area contributed by atoms with Gasteiger partial charge in [-0.3, -0.25) is 9.20 Å². The van der Waals surface area contributed by atoms with Crippen molar-refractivity contribution in [3.8, 4) is 5.75 Å². The van der Waals surface area contributed by atoms with E-state index in [1.807, 2.05) is 0 Å². The molecule has 1 aliphatic carbocycles. The number of anilines is 1. The Morgan fingerprint density at radius 2 is 1.97 bits per heavy atom. The lowest BCUT2D eigenvalue weighted by molar-refractivity contribution is 0.0704. The van der Waals surface area contributed by atoms with Crippen LogP contribution in [0.4, 0.5) is 14.6 Å². The number of fused-ring (bicyclic) bond motifs is 4. The first-order chi connectivity index (χ1) is 15.4. The van der Waals surface area contributed by atoms with E-state index < -0.39 is 17.8 Å². The van der Waals surface area contributed by atoms with Gasteiger partial charge in [0, 0.05) is 18.7 Å². The summed E-state index contributed by atoms with van der Waals surface area (Å²) in [7, 11) is 1.57. The first kappa shape index (κ1) is 19.0. The number of benzene rings is 2. The van der Waals surface area contributed by atoms with Gasteiger partial charge in [0.1, 0.15) is 35.3 Å². The Bertz CT molecular complexity index is 1430. The van der Waals surface area contributed by atoms with Gasteiger partial charge in [-0.05, 0) is 42.5 Å². The summed E-state index contributed by atoms with van der Waals surface area (Å²) in [6.45, 7) is 0.185. The van der Waals surface area contributed by atoms with E-state index in [2.05, 4.69) is 9.97 Å². The molecule has 2 aliphatic rings. The third-order valence-corrected chi connectivity index (χ3v) is 6.39. The van der Waals surface area contributed by atoms with Crippen LogP contribution in [0.5, 0.6) is 5.75 Å². The molecule has 3 heterocycles. The van der Waals surface area contributed by atoms with Crippen molar-refractivity contribution < 1.29 is 18.3 Å². The Morgan fingerprint density at radius 1 is 1.16 bits per heavy atom. The fourth-order valence-corrected chi connectivity index (χ4v) is 4.45. The third-order valence-electron chi connectivity index (χ3n) is 6.39. The quantitative estimate of drug-likeness (QED) is 0.529. The van der Waals surface area contributed by atoms with Crippen LogP contribution in [0.25, 0.3) is 16.6 Å². The lowest BCUT2D eigenvalue weighted by Gasteiger charge is -2.24. The first-order valence-corrected chi connectivity index (χ1v) is 10.4. The van der Waals surface area contributed by atoms with Crippen molar-refractivity contribution in [2.75, 3.05) is 19.4 Å². The molecule has 6 rings (SSSR count). The highest BCUT2D eigenvalue weighted by molar-refractivity contribution is 5.98. The molecule has 0 saturated heterocycles. The van der Waals surface area contributed by atoms with Crippen molar-refractivity contribution in [3.63, 3.8) is 0 Å². The fourth-order valence-electron chi connectivity index (χ4n) is 4.45. The second-order valence-electron chi connectivity index (χ2n) is 8.40. The Labute approximate surface area is 181 Å². The number of ether oxygens (including phenoxy) is 1. The molecule has 2 aromatic carbocycles. The number of amides is 1. The van der Waals surface area contributed by atoms with Gasteiger partial charge < -0.3 is 15.4 Å². The number of nitrogens with zero attached hydrogens (tertiary/aromatic N) is 4. The molecule has 4 aromatic rings. The second-order valence-corrected chi connectivity index (χ2v) is 8.40. The molecular formula is C23H19F2N5O2. The van der Waals surface area contributed by atoms with E-state index in [4.69, 9.17) is 10.5 Å². The average Bonchev–Trinajstić information content (AvgIpc) is 3.33. The summed E-state index contributed by atoms with van der Waals surface area (Å²) >= 11 is 0. The van der Waals surface area contributed by atoms with Crippen molar-refractivity contribution in [2.24, 2.45) is 0 Å². The van der Waals surface area contributed by atoms with Crippen LogP contribution in [0.2, 0.25) is 0 Å². The number of imidazole rings is 1. The number of likely N-dealkylation sites (N-methyl/N-ethyl adjacent to an activating group) is 1. The topological polar surface area (TPSA) is 85.8 Å². The van der Waals surface area contributed by atoms with Gasteiger partial charge >= 0.3 is 0 Å². The van der Waals surface area contributed by atoms with Gasteiger partial charge in [-0.1, -0.05) is 0 Å². The summed E-state index contributed by atoms with van der Waals surface area (Å²) in [6, 6.07) is 5.30. The number of hydrogen-bond acceptors (Lipinski definition) is 5. The number of carbonyl (C=O) groups excluding carboxylic acids is 1. The van der Waals surface area contributed by atoms with E-state index in [1.54, 1.807) is 23.7 Å². The molecule has 0 bridgehead atoms. The lowest BCUT2D eigenvalue weighted by atomic mass is 10.0. The highest BCUT2D eigenvalue weighted by atomic mass is 19.1. The summed E-state index contributed by atoms with van der Waals surface area (Å²) in [5, 5.41) is 0. The Kier molecular flexibility index (Phi) is 3.93. The van der Waals surface area contributed by atoms with Crippen molar-refractivity contribution >= 4 is 28.3 Å². The molecule has 1 aliphatic heterocycles. The van der Waals surface area contributed by atoms with E-state index in [-0.39, 0.29) is 29.7 Å². The predicted octanol–water partition coefficient (Wildman–Crippen LogP) is 3.83. The van der Waals surface area contributed by atoms with E-state index in [0.29, 0.717) is 33.4 Å². The van der Waals surface area contributed by atoms with E-state index in [1.165, 1.54) is 29.4 Å². The average molecular weight is 435 g/mol. The molecule has 7 nitrogen and oxygen atoms in total. The maximum absolute atomic E-state index is 14.9. The normalized spacial score (nSPS) is 17.5. The maximum Gasteiger partial charge on any atom is 0.257 e. The van der Waals surface area contributed by atoms with Crippen LogP contribution in [-0.2, 0) is 0 Å². The van der Waals surface area contributed by atoms with Crippen LogP contribution < -0.4 is 10.5 Å². The number of nitrogen functional groups attached to an aromatic ring is 1. The van der Waals surface area contributed by atoms with Crippen LogP contribution >= 0.6 is 0 Å². The van der Waals surface area contributed by atoms with E-state index in [9.17, 15) is 13.6 Å². The summed E-state index contributed by atoms with van der Waals surface area (Å²) in [4.78, 5) is 23.0. The predicted molar refractivity (Wildman–Crippen MR) is 114 cm³/mol. The molecule has 1 fully saturated rings. The van der Waals surface area contributed by atoms with Gasteiger partial charge in [0.25, 0.3) is 5.91 Å². The molecule has 2 N–H and O–H groups in total. The summed E-state index contributed by atoms with van der Waals surface area (Å²) in [5.74, 6) is -0.491. The van der Waals surface area contributed by atoms with Crippen molar-refractivity contribution in [1.82, 2.24) is 19.3 Å². The number of nitrogens with two attached hydrogens (primary N) is 1. The Balaban J connectivity index is 1.39. The number of aromatic nitrogens is 3. The SMILES string of the molecule is CN(C(=O)c1cc2c(cc1F)nc(N)c1cncn12)C1COc2cc(C3CC3)c(F)cc21. The molecule has 1 saturated carbocycles. The standard InChI is InChI=1S/C23H19F2N5O2/c1-29(20-9-32-21-6-12(11-2-3-11)15(24)4-14(20)21)23(31)13-5-18-17(7-16(13)25)28-22(26)19-8-27-10-30(18)19/h4-8,10-11,20H,2-3,9H2,1H3,(H2,26,28). The van der Waals surface area contributed by atoms with Crippen LogP contribution in [0, 0.1) is 11.6 Å². The smallest absolute Gasteiger partial charge is 0.257 e. The fraction of sp³-hybridized carbons (Fsp3) is 0.261. The lowest BCUT2D eigenvalue weighted by Crippen LogP contribution is -2.32. The zero-order valence-electron chi connectivity index (χ0n) is 17.2. The number of halogens is 2. The molecule has 9 heteroatoms. The van der Waals surface area contributed by atoms with Crippen molar-refractivity contribution in [3.05, 3.63) is 65.1 Å². The molecule has 0 radical (unpaired) electrons. The van der Waals surface area contributed by atoms with Crippen molar-refractivity contribution in [1.29, 1.82) is 0 Å². The zero-order chi connectivity index (χ0) is 22.1. The monoisotopic (exact) mass is 435 g/mol. The second kappa shape index (κ2) is 6.62. The summed E-state index contributed by atoms with van der Waals surface area (Å²) in [6.07, 6.45) is 5.04. The van der Waals surface area contributed by atoms with Gasteiger partial charge in [-0.15, -0.1) is 0 Å². The molecule has 32 heavy (non-hydrogen) atoms. The minimum absolute atomic E-state index is 0.120. The van der Waals surface area contributed by atoms with E-state index in [0.717, 1.165) is 12.8 Å². The van der Waals surface area contributed by atoms with Gasteiger partial charge in [-0.25, -0.2) is 18.7 Å². The van der Waals surface area contributed by atoms with Crippen LogP contribution in [-0.4, -0.2) is 38.8 Å². The van der Waals surface area contributed by atoms with Gasteiger partial charge in [0.05, 0.1) is 35.2 Å². The number of carbonyl (C=O) groups is 1.